The zero-order valence-corrected chi connectivity index (χ0v) is 9.93. The van der Waals surface area contributed by atoms with Gasteiger partial charge in [0.15, 0.2) is 0 Å². The van der Waals surface area contributed by atoms with Crippen LogP contribution in [0, 0.1) is 0 Å². The molecular weight excluding hydrogens is 202 g/mol. The first-order chi connectivity index (χ1) is 7.81. The maximum atomic E-state index is 6.21. The SMILES string of the molecule is CCCn1nccc1C(N)CC1CCCO1. The predicted octanol–water partition coefficient (Wildman–Crippen LogP) is 1.86. The molecule has 16 heavy (non-hydrogen) atoms. The van der Waals surface area contributed by atoms with Crippen LogP contribution < -0.4 is 5.73 Å². The zero-order chi connectivity index (χ0) is 11.4. The van der Waals surface area contributed by atoms with Crippen molar-refractivity contribution in [3.05, 3.63) is 18.0 Å². The number of rotatable bonds is 5. The second-order valence-electron chi connectivity index (χ2n) is 4.46. The number of nitrogens with two attached hydrogens (primary N) is 1. The van der Waals surface area contributed by atoms with Crippen LogP contribution in [0.2, 0.25) is 0 Å². The van der Waals surface area contributed by atoms with E-state index in [1.54, 1.807) is 0 Å². The van der Waals surface area contributed by atoms with Gasteiger partial charge in [0.1, 0.15) is 0 Å². The van der Waals surface area contributed by atoms with Crippen LogP contribution in [0.4, 0.5) is 0 Å². The van der Waals surface area contributed by atoms with Crippen LogP contribution in [0.15, 0.2) is 12.3 Å². The van der Waals surface area contributed by atoms with E-state index in [9.17, 15) is 0 Å². The molecule has 4 heteroatoms. The van der Waals surface area contributed by atoms with Crippen LogP contribution in [-0.4, -0.2) is 22.5 Å². The van der Waals surface area contributed by atoms with Crippen molar-refractivity contribution in [1.82, 2.24) is 9.78 Å². The van der Waals surface area contributed by atoms with Crippen LogP contribution >= 0.6 is 0 Å². The molecular formula is C12H21N3O. The van der Waals surface area contributed by atoms with Gasteiger partial charge in [0.05, 0.1) is 11.8 Å². The standard InChI is InChI=1S/C12H21N3O/c1-2-7-15-12(5-6-14-15)11(13)9-10-4-3-8-16-10/h5-6,10-11H,2-4,7-9,13H2,1H3. The van der Waals surface area contributed by atoms with Gasteiger partial charge < -0.3 is 10.5 Å². The van der Waals surface area contributed by atoms with Gasteiger partial charge in [0, 0.05) is 25.4 Å². The molecule has 90 valence electrons. The van der Waals surface area contributed by atoms with Gasteiger partial charge >= 0.3 is 0 Å². The van der Waals surface area contributed by atoms with E-state index >= 15 is 0 Å². The second kappa shape index (κ2) is 5.46. The van der Waals surface area contributed by atoms with Crippen LogP contribution in [0.3, 0.4) is 0 Å². The van der Waals surface area contributed by atoms with Gasteiger partial charge in [-0.25, -0.2) is 0 Å². The lowest BCUT2D eigenvalue weighted by molar-refractivity contribution is 0.0975. The number of hydrogen-bond acceptors (Lipinski definition) is 3. The lowest BCUT2D eigenvalue weighted by atomic mass is 10.0. The van der Waals surface area contributed by atoms with Crippen molar-refractivity contribution in [2.75, 3.05) is 6.61 Å². The van der Waals surface area contributed by atoms with Gasteiger partial charge in [0.2, 0.25) is 0 Å². The molecule has 0 amide bonds. The Labute approximate surface area is 96.8 Å². The first kappa shape index (κ1) is 11.6. The average molecular weight is 223 g/mol. The van der Waals surface area contributed by atoms with Crippen molar-refractivity contribution in [3.63, 3.8) is 0 Å². The van der Waals surface area contributed by atoms with Crippen molar-refractivity contribution >= 4 is 0 Å². The van der Waals surface area contributed by atoms with Crippen LogP contribution in [0.25, 0.3) is 0 Å². The van der Waals surface area contributed by atoms with Gasteiger partial charge in [-0.15, -0.1) is 0 Å². The topological polar surface area (TPSA) is 53.1 Å². The van der Waals surface area contributed by atoms with E-state index in [0.29, 0.717) is 6.10 Å². The number of aryl methyl sites for hydroxylation is 1. The summed E-state index contributed by atoms with van der Waals surface area (Å²) in [6.45, 7) is 3.99. The van der Waals surface area contributed by atoms with Gasteiger partial charge in [-0.05, 0) is 31.7 Å². The van der Waals surface area contributed by atoms with Crippen molar-refractivity contribution in [1.29, 1.82) is 0 Å². The first-order valence-electron chi connectivity index (χ1n) is 6.20. The van der Waals surface area contributed by atoms with E-state index < -0.39 is 0 Å². The van der Waals surface area contributed by atoms with Crippen LogP contribution in [0.1, 0.15) is 44.3 Å². The Morgan fingerprint density at radius 2 is 2.56 bits per heavy atom. The van der Waals surface area contributed by atoms with Gasteiger partial charge in [-0.2, -0.15) is 5.10 Å². The van der Waals surface area contributed by atoms with E-state index in [4.69, 9.17) is 10.5 Å². The summed E-state index contributed by atoms with van der Waals surface area (Å²) in [6.07, 6.45) is 6.50. The molecule has 2 atom stereocenters. The third-order valence-electron chi connectivity index (χ3n) is 3.11. The fourth-order valence-electron chi connectivity index (χ4n) is 2.29. The molecule has 2 heterocycles. The molecule has 1 aliphatic heterocycles. The summed E-state index contributed by atoms with van der Waals surface area (Å²) < 4.78 is 7.63. The van der Waals surface area contributed by atoms with E-state index in [1.807, 2.05) is 16.9 Å². The number of nitrogens with zero attached hydrogens (tertiary/aromatic N) is 2. The van der Waals surface area contributed by atoms with E-state index in [0.717, 1.165) is 38.1 Å². The number of ether oxygens (including phenoxy) is 1. The Balaban J connectivity index is 1.96. The highest BCUT2D eigenvalue weighted by atomic mass is 16.5. The summed E-state index contributed by atoms with van der Waals surface area (Å²) >= 11 is 0. The first-order valence-corrected chi connectivity index (χ1v) is 6.20. The monoisotopic (exact) mass is 223 g/mol. The molecule has 2 unspecified atom stereocenters. The highest BCUT2D eigenvalue weighted by molar-refractivity contribution is 5.06. The van der Waals surface area contributed by atoms with Gasteiger partial charge in [-0.1, -0.05) is 6.92 Å². The summed E-state index contributed by atoms with van der Waals surface area (Å²) in [5, 5.41) is 4.30. The maximum absolute atomic E-state index is 6.21. The summed E-state index contributed by atoms with van der Waals surface area (Å²) in [7, 11) is 0. The third-order valence-corrected chi connectivity index (χ3v) is 3.11. The van der Waals surface area contributed by atoms with Crippen molar-refractivity contribution in [2.24, 2.45) is 5.73 Å². The Kier molecular flexibility index (Phi) is 3.96. The number of aromatic nitrogens is 2. The smallest absolute Gasteiger partial charge is 0.0594 e. The van der Waals surface area contributed by atoms with E-state index in [2.05, 4.69) is 12.0 Å². The van der Waals surface area contributed by atoms with Crippen molar-refractivity contribution in [2.45, 2.75) is 51.3 Å². The molecule has 1 aromatic heterocycles. The minimum absolute atomic E-state index is 0.0529. The number of hydrogen-bond donors (Lipinski definition) is 1. The van der Waals surface area contributed by atoms with Crippen molar-refractivity contribution < 1.29 is 4.74 Å². The molecule has 0 spiro atoms. The highest BCUT2D eigenvalue weighted by Crippen LogP contribution is 2.23. The van der Waals surface area contributed by atoms with Crippen molar-refractivity contribution in [3.8, 4) is 0 Å². The fourth-order valence-corrected chi connectivity index (χ4v) is 2.29. The molecule has 0 saturated carbocycles. The molecule has 2 N–H and O–H groups in total. The van der Waals surface area contributed by atoms with Crippen LogP contribution in [-0.2, 0) is 11.3 Å². The minimum Gasteiger partial charge on any atom is -0.378 e. The third kappa shape index (κ3) is 2.62. The predicted molar refractivity (Wildman–Crippen MR) is 63.0 cm³/mol. The lowest BCUT2D eigenvalue weighted by Gasteiger charge is -2.17. The summed E-state index contributed by atoms with van der Waals surface area (Å²) in [4.78, 5) is 0. The van der Waals surface area contributed by atoms with E-state index in [1.165, 1.54) is 6.42 Å². The maximum Gasteiger partial charge on any atom is 0.0594 e. The minimum atomic E-state index is 0.0529. The Morgan fingerprint density at radius 3 is 3.25 bits per heavy atom. The Hall–Kier alpha value is -0.870. The molecule has 1 saturated heterocycles. The zero-order valence-electron chi connectivity index (χ0n) is 9.93. The largest absolute Gasteiger partial charge is 0.378 e. The van der Waals surface area contributed by atoms with E-state index in [-0.39, 0.29) is 6.04 Å². The van der Waals surface area contributed by atoms with Gasteiger partial charge in [0.25, 0.3) is 0 Å². The normalized spacial score (nSPS) is 22.5. The molecule has 0 bridgehead atoms. The molecule has 1 aliphatic rings. The molecule has 1 aromatic rings. The summed E-state index contributed by atoms with van der Waals surface area (Å²) in [5.74, 6) is 0. The molecule has 2 rings (SSSR count). The molecule has 4 nitrogen and oxygen atoms in total. The fraction of sp³-hybridized carbons (Fsp3) is 0.750. The molecule has 0 aromatic carbocycles. The van der Waals surface area contributed by atoms with Crippen LogP contribution in [0.5, 0.6) is 0 Å². The lowest BCUT2D eigenvalue weighted by Crippen LogP contribution is -2.21. The quantitative estimate of drug-likeness (QED) is 0.829. The Morgan fingerprint density at radius 1 is 1.69 bits per heavy atom. The Bertz CT molecular complexity index is 318. The summed E-state index contributed by atoms with van der Waals surface area (Å²) in [6, 6.07) is 2.08. The van der Waals surface area contributed by atoms with Gasteiger partial charge in [-0.3, -0.25) is 4.68 Å². The average Bonchev–Trinajstić information content (AvgIpc) is 2.89. The molecule has 1 fully saturated rings. The molecule has 0 aliphatic carbocycles. The summed E-state index contributed by atoms with van der Waals surface area (Å²) in [5.41, 5.74) is 7.35. The second-order valence-corrected chi connectivity index (χ2v) is 4.46. The molecule has 0 radical (unpaired) electrons. The highest BCUT2D eigenvalue weighted by Gasteiger charge is 2.21.